The molecular formula is C15H21N3O3. The number of carbonyl (C=O) groups excluding carboxylic acids is 1. The predicted molar refractivity (Wildman–Crippen MR) is 80.5 cm³/mol. The van der Waals surface area contributed by atoms with Crippen molar-refractivity contribution in [3.8, 4) is 5.75 Å². The largest absolute Gasteiger partial charge is 0.491 e. The van der Waals surface area contributed by atoms with Crippen molar-refractivity contribution >= 4 is 17.4 Å². The number of hydrogen-bond donors (Lipinski definition) is 3. The van der Waals surface area contributed by atoms with Crippen LogP contribution in [0.15, 0.2) is 29.4 Å². The van der Waals surface area contributed by atoms with Gasteiger partial charge in [-0.2, -0.15) is 0 Å². The van der Waals surface area contributed by atoms with Crippen LogP contribution < -0.4 is 15.8 Å². The van der Waals surface area contributed by atoms with E-state index in [9.17, 15) is 4.79 Å². The first-order chi connectivity index (χ1) is 9.98. The summed E-state index contributed by atoms with van der Waals surface area (Å²) in [5, 5.41) is 14.7. The summed E-state index contributed by atoms with van der Waals surface area (Å²) in [6.07, 6.45) is 2.20. The first-order valence-corrected chi connectivity index (χ1v) is 7.04. The molecule has 6 nitrogen and oxygen atoms in total. The number of amides is 1. The van der Waals surface area contributed by atoms with Crippen molar-refractivity contribution in [3.63, 3.8) is 0 Å². The fraction of sp³-hybridized carbons (Fsp3) is 0.467. The van der Waals surface area contributed by atoms with Gasteiger partial charge in [0.15, 0.2) is 5.84 Å². The minimum absolute atomic E-state index is 0.0222. The highest BCUT2D eigenvalue weighted by molar-refractivity contribution is 6.12. The van der Waals surface area contributed by atoms with Gasteiger partial charge in [0.05, 0.1) is 6.10 Å². The highest BCUT2D eigenvalue weighted by Crippen LogP contribution is 2.42. The Balaban J connectivity index is 2.06. The molecule has 1 aliphatic carbocycles. The minimum Gasteiger partial charge on any atom is -0.491 e. The second-order valence-corrected chi connectivity index (χ2v) is 5.57. The van der Waals surface area contributed by atoms with E-state index < -0.39 is 5.41 Å². The van der Waals surface area contributed by atoms with Gasteiger partial charge in [-0.25, -0.2) is 0 Å². The Morgan fingerprint density at radius 3 is 2.43 bits per heavy atom. The summed E-state index contributed by atoms with van der Waals surface area (Å²) in [6, 6.07) is 7.14. The van der Waals surface area contributed by atoms with Crippen LogP contribution in [-0.4, -0.2) is 23.1 Å². The van der Waals surface area contributed by atoms with Gasteiger partial charge in [-0.05, 0) is 51.0 Å². The maximum atomic E-state index is 12.4. The monoisotopic (exact) mass is 291 g/mol. The highest BCUT2D eigenvalue weighted by atomic mass is 16.5. The molecule has 0 atom stereocenters. The quantitative estimate of drug-likeness (QED) is 0.336. The fourth-order valence-electron chi connectivity index (χ4n) is 2.37. The SMILES string of the molecule is CC(C)Oc1ccc(NC(=O)C2(/C(N)=N/O)CCC2)cc1. The van der Waals surface area contributed by atoms with Crippen LogP contribution in [0.4, 0.5) is 5.69 Å². The van der Waals surface area contributed by atoms with Gasteiger partial charge in [0, 0.05) is 5.69 Å². The van der Waals surface area contributed by atoms with Gasteiger partial charge < -0.3 is 21.0 Å². The summed E-state index contributed by atoms with van der Waals surface area (Å²) >= 11 is 0. The van der Waals surface area contributed by atoms with E-state index in [4.69, 9.17) is 15.7 Å². The Bertz CT molecular complexity index is 534. The van der Waals surface area contributed by atoms with Crippen molar-refractivity contribution in [2.24, 2.45) is 16.3 Å². The Morgan fingerprint density at radius 1 is 1.38 bits per heavy atom. The third-order valence-corrected chi connectivity index (χ3v) is 3.72. The molecule has 0 radical (unpaired) electrons. The van der Waals surface area contributed by atoms with Crippen molar-refractivity contribution in [1.29, 1.82) is 0 Å². The van der Waals surface area contributed by atoms with Crippen LogP contribution in [0.25, 0.3) is 0 Å². The van der Waals surface area contributed by atoms with Gasteiger partial charge in [-0.3, -0.25) is 4.79 Å². The lowest BCUT2D eigenvalue weighted by molar-refractivity contribution is -0.125. The van der Waals surface area contributed by atoms with Crippen LogP contribution in [0, 0.1) is 5.41 Å². The molecule has 0 aromatic heterocycles. The number of ether oxygens (including phenoxy) is 1. The van der Waals surface area contributed by atoms with Crippen LogP contribution >= 0.6 is 0 Å². The molecule has 0 spiro atoms. The summed E-state index contributed by atoms with van der Waals surface area (Å²) in [5.74, 6) is 0.491. The van der Waals surface area contributed by atoms with Crippen LogP contribution in [0.3, 0.4) is 0 Å². The smallest absolute Gasteiger partial charge is 0.238 e. The summed E-state index contributed by atoms with van der Waals surface area (Å²) in [7, 11) is 0. The summed E-state index contributed by atoms with van der Waals surface area (Å²) in [6.45, 7) is 3.90. The van der Waals surface area contributed by atoms with Crippen molar-refractivity contribution in [2.45, 2.75) is 39.2 Å². The average molecular weight is 291 g/mol. The molecule has 1 amide bonds. The second-order valence-electron chi connectivity index (χ2n) is 5.57. The number of hydrogen-bond acceptors (Lipinski definition) is 4. The van der Waals surface area contributed by atoms with E-state index in [1.165, 1.54) is 0 Å². The predicted octanol–water partition coefficient (Wildman–Crippen LogP) is 2.33. The number of nitrogens with zero attached hydrogens (tertiary/aromatic N) is 1. The number of oxime groups is 1. The van der Waals surface area contributed by atoms with Crippen LogP contribution in [0.1, 0.15) is 33.1 Å². The molecule has 0 unspecified atom stereocenters. The standard InChI is InChI=1S/C15H21N3O3/c1-10(2)21-12-6-4-11(5-7-12)17-14(19)15(8-3-9-15)13(16)18-20/h4-7,10,20H,3,8-9H2,1-2H3,(H2,16,18)(H,17,19). The maximum absolute atomic E-state index is 12.4. The number of nitrogens with two attached hydrogens (primary N) is 1. The Labute approximate surface area is 124 Å². The molecule has 0 bridgehead atoms. The number of nitrogens with one attached hydrogen (secondary N) is 1. The average Bonchev–Trinajstić information content (AvgIpc) is 2.39. The Morgan fingerprint density at radius 2 is 2.00 bits per heavy atom. The number of amidine groups is 1. The molecule has 114 valence electrons. The maximum Gasteiger partial charge on any atom is 0.238 e. The second kappa shape index (κ2) is 6.03. The lowest BCUT2D eigenvalue weighted by atomic mass is 9.67. The van der Waals surface area contributed by atoms with Gasteiger partial charge in [0.1, 0.15) is 11.2 Å². The van der Waals surface area contributed by atoms with Gasteiger partial charge >= 0.3 is 0 Å². The normalized spacial score (nSPS) is 17.2. The van der Waals surface area contributed by atoms with Gasteiger partial charge in [0.25, 0.3) is 0 Å². The molecule has 6 heteroatoms. The van der Waals surface area contributed by atoms with E-state index in [2.05, 4.69) is 10.5 Å². The molecule has 4 N–H and O–H groups in total. The zero-order chi connectivity index (χ0) is 15.5. The fourth-order valence-corrected chi connectivity index (χ4v) is 2.37. The molecule has 21 heavy (non-hydrogen) atoms. The van der Waals surface area contributed by atoms with E-state index in [0.29, 0.717) is 18.5 Å². The summed E-state index contributed by atoms with van der Waals surface area (Å²) < 4.78 is 5.54. The molecule has 0 heterocycles. The molecular weight excluding hydrogens is 270 g/mol. The molecule has 2 rings (SSSR count). The topological polar surface area (TPSA) is 96.9 Å². The summed E-state index contributed by atoms with van der Waals surface area (Å²) in [4.78, 5) is 12.4. The molecule has 0 saturated heterocycles. The Kier molecular flexibility index (Phi) is 4.35. The van der Waals surface area contributed by atoms with E-state index >= 15 is 0 Å². The van der Waals surface area contributed by atoms with Crippen LogP contribution in [0.5, 0.6) is 5.75 Å². The number of benzene rings is 1. The molecule has 1 fully saturated rings. The van der Waals surface area contributed by atoms with Crippen molar-refractivity contribution in [2.75, 3.05) is 5.32 Å². The van der Waals surface area contributed by atoms with Gasteiger partial charge in [-0.1, -0.05) is 11.6 Å². The van der Waals surface area contributed by atoms with E-state index in [0.717, 1.165) is 12.2 Å². The number of anilines is 1. The molecule has 1 aliphatic rings. The van der Waals surface area contributed by atoms with Crippen molar-refractivity contribution in [1.82, 2.24) is 0 Å². The van der Waals surface area contributed by atoms with Crippen LogP contribution in [0.2, 0.25) is 0 Å². The first kappa shape index (κ1) is 15.2. The lowest BCUT2D eigenvalue weighted by Gasteiger charge is -2.38. The summed E-state index contributed by atoms with van der Waals surface area (Å²) in [5.41, 5.74) is 5.45. The highest BCUT2D eigenvalue weighted by Gasteiger charge is 2.48. The zero-order valence-electron chi connectivity index (χ0n) is 12.3. The molecule has 1 aromatic rings. The van der Waals surface area contributed by atoms with Gasteiger partial charge in [0.2, 0.25) is 5.91 Å². The molecule has 1 aromatic carbocycles. The minimum atomic E-state index is -0.873. The first-order valence-electron chi connectivity index (χ1n) is 7.04. The zero-order valence-corrected chi connectivity index (χ0v) is 12.3. The number of carbonyl (C=O) groups is 1. The number of rotatable bonds is 5. The van der Waals surface area contributed by atoms with E-state index in [-0.39, 0.29) is 17.8 Å². The Hall–Kier alpha value is -2.24. The van der Waals surface area contributed by atoms with Crippen LogP contribution in [-0.2, 0) is 4.79 Å². The lowest BCUT2D eigenvalue weighted by Crippen LogP contribution is -2.51. The van der Waals surface area contributed by atoms with Crippen molar-refractivity contribution in [3.05, 3.63) is 24.3 Å². The van der Waals surface area contributed by atoms with E-state index in [1.807, 2.05) is 13.8 Å². The third-order valence-electron chi connectivity index (χ3n) is 3.72. The molecule has 1 saturated carbocycles. The van der Waals surface area contributed by atoms with Crippen molar-refractivity contribution < 1.29 is 14.7 Å². The van der Waals surface area contributed by atoms with E-state index in [1.54, 1.807) is 24.3 Å². The third kappa shape index (κ3) is 3.09. The molecule has 0 aliphatic heterocycles. The van der Waals surface area contributed by atoms with Gasteiger partial charge in [-0.15, -0.1) is 0 Å².